The molecule has 2 N–H and O–H groups in total. The summed E-state index contributed by atoms with van der Waals surface area (Å²) >= 11 is 3.29. The molecule has 0 spiro atoms. The van der Waals surface area contributed by atoms with E-state index in [0.29, 0.717) is 10.9 Å². The Kier molecular flexibility index (Phi) is 4.95. The van der Waals surface area contributed by atoms with Gasteiger partial charge in [0.1, 0.15) is 5.82 Å². The van der Waals surface area contributed by atoms with Gasteiger partial charge in [-0.3, -0.25) is 0 Å². The summed E-state index contributed by atoms with van der Waals surface area (Å²) in [7, 11) is 0. The summed E-state index contributed by atoms with van der Waals surface area (Å²) in [4.78, 5) is 0. The summed E-state index contributed by atoms with van der Waals surface area (Å²) in [5.74, 6) is -0.235. The normalized spacial score (nSPS) is 12.4. The molecule has 2 rings (SSSR count). The maximum atomic E-state index is 13.5. The van der Waals surface area contributed by atoms with Crippen molar-refractivity contribution in [1.29, 1.82) is 0 Å². The fraction of sp³-hybridized carbons (Fsp3) is 0.294. The van der Waals surface area contributed by atoms with E-state index in [9.17, 15) is 4.39 Å². The first-order chi connectivity index (χ1) is 9.47. The lowest BCUT2D eigenvalue weighted by atomic mass is 9.96. The van der Waals surface area contributed by atoms with Crippen LogP contribution in [0.3, 0.4) is 0 Å². The van der Waals surface area contributed by atoms with Crippen LogP contribution in [-0.4, -0.2) is 6.04 Å². The van der Waals surface area contributed by atoms with E-state index in [4.69, 9.17) is 5.73 Å². The van der Waals surface area contributed by atoms with Crippen LogP contribution in [0.15, 0.2) is 40.9 Å². The van der Waals surface area contributed by atoms with Crippen molar-refractivity contribution in [3.8, 4) is 0 Å². The molecule has 0 aliphatic rings. The first kappa shape index (κ1) is 15.2. The Hall–Kier alpha value is -1.19. The number of rotatable bonds is 4. The largest absolute Gasteiger partial charge is 0.327 e. The number of hydrogen-bond donors (Lipinski definition) is 1. The average Bonchev–Trinajstić information content (AvgIpc) is 2.39. The molecular weight excluding hydrogens is 317 g/mol. The third-order valence-electron chi connectivity index (χ3n) is 3.50. The molecule has 2 aromatic carbocycles. The molecular formula is C17H19BrFN. The van der Waals surface area contributed by atoms with E-state index in [1.807, 2.05) is 6.07 Å². The maximum Gasteiger partial charge on any atom is 0.137 e. The third kappa shape index (κ3) is 3.68. The van der Waals surface area contributed by atoms with E-state index >= 15 is 0 Å². The number of benzene rings is 2. The van der Waals surface area contributed by atoms with E-state index in [1.165, 1.54) is 22.8 Å². The van der Waals surface area contributed by atoms with Gasteiger partial charge in [0, 0.05) is 6.04 Å². The predicted octanol–water partition coefficient (Wildman–Crippen LogP) is 4.32. The molecule has 1 atom stereocenters. The predicted molar refractivity (Wildman–Crippen MR) is 85.4 cm³/mol. The van der Waals surface area contributed by atoms with Crippen molar-refractivity contribution in [2.75, 3.05) is 0 Å². The van der Waals surface area contributed by atoms with Gasteiger partial charge in [-0.15, -0.1) is 0 Å². The van der Waals surface area contributed by atoms with Gasteiger partial charge in [0.05, 0.1) is 4.47 Å². The standard InChI is InChI=1S/C17H19BrFN/c1-11-6-7-12(2)14(8-11)10-15(20)9-13-4-3-5-16(19)17(13)18/h3-8,15H,9-10,20H2,1-2H3. The van der Waals surface area contributed by atoms with E-state index in [-0.39, 0.29) is 11.9 Å². The van der Waals surface area contributed by atoms with Crippen molar-refractivity contribution in [3.05, 3.63) is 68.9 Å². The van der Waals surface area contributed by atoms with Gasteiger partial charge in [0.2, 0.25) is 0 Å². The zero-order valence-corrected chi connectivity index (χ0v) is 13.4. The number of hydrogen-bond acceptors (Lipinski definition) is 1. The van der Waals surface area contributed by atoms with Crippen molar-refractivity contribution in [3.63, 3.8) is 0 Å². The number of nitrogens with two attached hydrogens (primary N) is 1. The van der Waals surface area contributed by atoms with Crippen LogP contribution in [0.4, 0.5) is 4.39 Å². The molecule has 0 heterocycles. The lowest BCUT2D eigenvalue weighted by molar-refractivity contribution is 0.610. The number of aryl methyl sites for hydroxylation is 2. The van der Waals surface area contributed by atoms with Crippen molar-refractivity contribution >= 4 is 15.9 Å². The fourth-order valence-corrected chi connectivity index (χ4v) is 2.79. The lowest BCUT2D eigenvalue weighted by Crippen LogP contribution is -2.26. The summed E-state index contributed by atoms with van der Waals surface area (Å²) in [5.41, 5.74) is 10.9. The second kappa shape index (κ2) is 6.51. The summed E-state index contributed by atoms with van der Waals surface area (Å²) in [5, 5.41) is 0. The fourth-order valence-electron chi connectivity index (χ4n) is 2.36. The highest BCUT2D eigenvalue weighted by Gasteiger charge is 2.11. The number of halogens is 2. The first-order valence-electron chi connectivity index (χ1n) is 6.72. The molecule has 106 valence electrons. The molecule has 0 aliphatic heterocycles. The highest BCUT2D eigenvalue weighted by Crippen LogP contribution is 2.22. The van der Waals surface area contributed by atoms with Gasteiger partial charge >= 0.3 is 0 Å². The van der Waals surface area contributed by atoms with Crippen LogP contribution in [0.5, 0.6) is 0 Å². The van der Waals surface area contributed by atoms with Gasteiger partial charge in [-0.05, 0) is 65.4 Å². The molecule has 1 nitrogen and oxygen atoms in total. The van der Waals surface area contributed by atoms with Crippen LogP contribution in [0.25, 0.3) is 0 Å². The molecule has 2 aromatic rings. The zero-order chi connectivity index (χ0) is 14.7. The van der Waals surface area contributed by atoms with Gasteiger partial charge in [-0.25, -0.2) is 4.39 Å². The minimum Gasteiger partial charge on any atom is -0.327 e. The molecule has 3 heteroatoms. The molecule has 20 heavy (non-hydrogen) atoms. The first-order valence-corrected chi connectivity index (χ1v) is 7.51. The van der Waals surface area contributed by atoms with Crippen molar-refractivity contribution < 1.29 is 4.39 Å². The van der Waals surface area contributed by atoms with Gasteiger partial charge in [-0.1, -0.05) is 35.9 Å². The zero-order valence-electron chi connectivity index (χ0n) is 11.8. The summed E-state index contributed by atoms with van der Waals surface area (Å²) < 4.78 is 14.0. The van der Waals surface area contributed by atoms with Crippen molar-refractivity contribution in [2.45, 2.75) is 32.7 Å². The Morgan fingerprint density at radius 1 is 1.10 bits per heavy atom. The van der Waals surface area contributed by atoms with Gasteiger partial charge < -0.3 is 5.73 Å². The smallest absolute Gasteiger partial charge is 0.137 e. The Morgan fingerprint density at radius 2 is 1.80 bits per heavy atom. The van der Waals surface area contributed by atoms with Crippen molar-refractivity contribution in [2.24, 2.45) is 5.73 Å². The lowest BCUT2D eigenvalue weighted by Gasteiger charge is -2.15. The highest BCUT2D eigenvalue weighted by atomic mass is 79.9. The van der Waals surface area contributed by atoms with E-state index in [2.05, 4.69) is 48.0 Å². The maximum absolute atomic E-state index is 13.5. The Bertz CT molecular complexity index is 606. The Labute approximate surface area is 128 Å². The SMILES string of the molecule is Cc1ccc(C)c(CC(N)Cc2cccc(F)c2Br)c1. The molecule has 0 fully saturated rings. The van der Waals surface area contributed by atoms with E-state index < -0.39 is 0 Å². The van der Waals surface area contributed by atoms with Gasteiger partial charge in [-0.2, -0.15) is 0 Å². The Morgan fingerprint density at radius 3 is 2.55 bits per heavy atom. The van der Waals surface area contributed by atoms with Crippen LogP contribution < -0.4 is 5.73 Å². The molecule has 1 unspecified atom stereocenters. The van der Waals surface area contributed by atoms with Crippen LogP contribution in [0, 0.1) is 19.7 Å². The minimum atomic E-state index is -0.235. The van der Waals surface area contributed by atoms with Crippen LogP contribution >= 0.6 is 15.9 Å². The molecule has 0 saturated carbocycles. The second-order valence-corrected chi connectivity index (χ2v) is 6.10. The molecule has 0 bridgehead atoms. The summed E-state index contributed by atoms with van der Waals surface area (Å²) in [6.45, 7) is 4.18. The van der Waals surface area contributed by atoms with Gasteiger partial charge in [0.15, 0.2) is 0 Å². The Balaban J connectivity index is 2.11. The summed E-state index contributed by atoms with van der Waals surface area (Å²) in [6.07, 6.45) is 1.46. The minimum absolute atomic E-state index is 0.0198. The van der Waals surface area contributed by atoms with Crippen molar-refractivity contribution in [1.82, 2.24) is 0 Å². The highest BCUT2D eigenvalue weighted by molar-refractivity contribution is 9.10. The summed E-state index contributed by atoms with van der Waals surface area (Å²) in [6, 6.07) is 11.5. The van der Waals surface area contributed by atoms with E-state index in [1.54, 1.807) is 6.07 Å². The molecule has 0 aliphatic carbocycles. The molecule has 0 saturated heterocycles. The molecule has 0 aromatic heterocycles. The van der Waals surface area contributed by atoms with Crippen LogP contribution in [0.2, 0.25) is 0 Å². The van der Waals surface area contributed by atoms with Crippen LogP contribution in [0.1, 0.15) is 22.3 Å². The van der Waals surface area contributed by atoms with Crippen LogP contribution in [-0.2, 0) is 12.8 Å². The molecule has 0 radical (unpaired) electrons. The quantitative estimate of drug-likeness (QED) is 0.884. The topological polar surface area (TPSA) is 26.0 Å². The average molecular weight is 336 g/mol. The monoisotopic (exact) mass is 335 g/mol. The van der Waals surface area contributed by atoms with Gasteiger partial charge in [0.25, 0.3) is 0 Å². The molecule has 0 amide bonds. The second-order valence-electron chi connectivity index (χ2n) is 5.31. The van der Waals surface area contributed by atoms with E-state index in [0.717, 1.165) is 12.0 Å². The third-order valence-corrected chi connectivity index (χ3v) is 4.39.